The van der Waals surface area contributed by atoms with E-state index in [2.05, 4.69) is 46.4 Å². The molecule has 1 aliphatic rings. The topological polar surface area (TPSA) is 53.9 Å². The predicted molar refractivity (Wildman–Crippen MR) is 116 cm³/mol. The lowest BCUT2D eigenvalue weighted by molar-refractivity contribution is 0.287. The van der Waals surface area contributed by atoms with Crippen LogP contribution in [0.4, 0.5) is 0 Å². The first-order valence-electron chi connectivity index (χ1n) is 10.3. The molecule has 6 nitrogen and oxygen atoms in total. The summed E-state index contributed by atoms with van der Waals surface area (Å²) in [6, 6.07) is 14.4. The van der Waals surface area contributed by atoms with E-state index in [4.69, 9.17) is 18.9 Å². The van der Waals surface area contributed by atoms with Crippen molar-refractivity contribution >= 4 is 0 Å². The maximum absolute atomic E-state index is 5.87. The molecule has 0 spiro atoms. The maximum atomic E-state index is 5.87. The molecule has 30 heavy (non-hydrogen) atoms. The van der Waals surface area contributed by atoms with E-state index in [0.717, 1.165) is 39.8 Å². The van der Waals surface area contributed by atoms with E-state index in [1.807, 2.05) is 26.0 Å². The predicted octanol–water partition coefficient (Wildman–Crippen LogP) is 4.48. The van der Waals surface area contributed by atoms with Gasteiger partial charge >= 0.3 is 0 Å². The molecule has 2 aromatic carbocycles. The highest BCUT2D eigenvalue weighted by Gasteiger charge is 2.25. The summed E-state index contributed by atoms with van der Waals surface area (Å²) in [6.45, 7) is 5.84. The largest absolute Gasteiger partial charge is 0.493 e. The minimum Gasteiger partial charge on any atom is -0.493 e. The normalized spacial score (nSPS) is 15.0. The van der Waals surface area contributed by atoms with Crippen molar-refractivity contribution in [2.45, 2.75) is 26.4 Å². The van der Waals surface area contributed by atoms with Crippen molar-refractivity contribution in [3.8, 4) is 28.7 Å². The van der Waals surface area contributed by atoms with Crippen molar-refractivity contribution in [3.63, 3.8) is 0 Å². The van der Waals surface area contributed by atoms with Crippen LogP contribution < -0.4 is 24.3 Å². The second-order valence-corrected chi connectivity index (χ2v) is 7.03. The smallest absolute Gasteiger partial charge is 0.163 e. The summed E-state index contributed by atoms with van der Waals surface area (Å²) in [4.78, 5) is 0. The van der Waals surface area contributed by atoms with Crippen LogP contribution in [0.15, 0.2) is 48.7 Å². The second-order valence-electron chi connectivity index (χ2n) is 7.03. The van der Waals surface area contributed by atoms with Crippen molar-refractivity contribution in [1.29, 1.82) is 0 Å². The van der Waals surface area contributed by atoms with Gasteiger partial charge in [-0.25, -0.2) is 0 Å². The fourth-order valence-electron chi connectivity index (χ4n) is 3.98. The van der Waals surface area contributed by atoms with Crippen molar-refractivity contribution in [3.05, 3.63) is 65.5 Å². The van der Waals surface area contributed by atoms with Gasteiger partial charge in [0.2, 0.25) is 0 Å². The van der Waals surface area contributed by atoms with Gasteiger partial charge in [-0.15, -0.1) is 0 Å². The Morgan fingerprint density at radius 1 is 0.900 bits per heavy atom. The molecule has 4 rings (SSSR count). The van der Waals surface area contributed by atoms with Crippen LogP contribution in [0.25, 0.3) is 5.69 Å². The lowest BCUT2D eigenvalue weighted by Crippen LogP contribution is -2.21. The quantitative estimate of drug-likeness (QED) is 0.625. The summed E-state index contributed by atoms with van der Waals surface area (Å²) in [5.41, 5.74) is 4.50. The van der Waals surface area contributed by atoms with E-state index in [1.165, 1.54) is 0 Å². The Morgan fingerprint density at radius 2 is 1.63 bits per heavy atom. The summed E-state index contributed by atoms with van der Waals surface area (Å²) in [6.07, 6.45) is 2.09. The molecule has 0 radical (unpaired) electrons. The van der Waals surface area contributed by atoms with Crippen LogP contribution >= 0.6 is 0 Å². The first kappa shape index (κ1) is 20.2. The molecule has 1 atom stereocenters. The summed E-state index contributed by atoms with van der Waals surface area (Å²) in [5.74, 6) is 2.98. The molecule has 0 aliphatic carbocycles. The average molecular weight is 408 g/mol. The van der Waals surface area contributed by atoms with Crippen LogP contribution in [0.2, 0.25) is 0 Å². The highest BCUT2D eigenvalue weighted by Crippen LogP contribution is 2.38. The average Bonchev–Trinajstić information content (AvgIpc) is 3.19. The van der Waals surface area contributed by atoms with Crippen LogP contribution in [0.1, 0.15) is 36.7 Å². The van der Waals surface area contributed by atoms with Gasteiger partial charge in [0.1, 0.15) is 0 Å². The molecule has 1 aromatic heterocycles. The number of hydrogen-bond donors (Lipinski definition) is 1. The molecule has 0 amide bonds. The molecule has 0 fully saturated rings. The van der Waals surface area contributed by atoms with Gasteiger partial charge in [-0.1, -0.05) is 6.07 Å². The minimum absolute atomic E-state index is 0.00158. The van der Waals surface area contributed by atoms with E-state index in [0.29, 0.717) is 25.5 Å². The Morgan fingerprint density at radius 3 is 2.33 bits per heavy atom. The van der Waals surface area contributed by atoms with Gasteiger partial charge in [0, 0.05) is 24.5 Å². The fraction of sp³-hybridized carbons (Fsp3) is 0.333. The zero-order chi connectivity index (χ0) is 21.1. The Hall–Kier alpha value is -3.12. The van der Waals surface area contributed by atoms with Gasteiger partial charge in [0.15, 0.2) is 23.0 Å². The van der Waals surface area contributed by atoms with Gasteiger partial charge in [0.05, 0.1) is 39.2 Å². The lowest BCUT2D eigenvalue weighted by atomic mass is 10.0. The first-order valence-corrected chi connectivity index (χ1v) is 10.3. The van der Waals surface area contributed by atoms with E-state index in [-0.39, 0.29) is 6.04 Å². The third-order valence-electron chi connectivity index (χ3n) is 5.32. The van der Waals surface area contributed by atoms with Gasteiger partial charge in [-0.3, -0.25) is 0 Å². The first-order chi connectivity index (χ1) is 14.7. The number of methoxy groups -OCH3 is 2. The van der Waals surface area contributed by atoms with Gasteiger partial charge < -0.3 is 28.8 Å². The molecule has 2 heterocycles. The van der Waals surface area contributed by atoms with Crippen LogP contribution in [-0.2, 0) is 6.54 Å². The van der Waals surface area contributed by atoms with E-state index in [9.17, 15) is 0 Å². The number of rotatable bonds is 7. The molecule has 0 saturated carbocycles. The van der Waals surface area contributed by atoms with E-state index < -0.39 is 0 Å². The summed E-state index contributed by atoms with van der Waals surface area (Å²) < 4.78 is 24.8. The molecule has 1 N–H and O–H groups in total. The number of aromatic nitrogens is 1. The third kappa shape index (κ3) is 3.59. The van der Waals surface area contributed by atoms with Crippen molar-refractivity contribution in [1.82, 2.24) is 9.88 Å². The summed E-state index contributed by atoms with van der Waals surface area (Å²) in [7, 11) is 3.31. The molecule has 158 valence electrons. The fourth-order valence-corrected chi connectivity index (χ4v) is 3.98. The number of nitrogens with zero attached hydrogens (tertiary/aromatic N) is 1. The zero-order valence-electron chi connectivity index (χ0n) is 17.9. The second kappa shape index (κ2) is 8.71. The number of nitrogens with one attached hydrogen (secondary N) is 1. The van der Waals surface area contributed by atoms with Crippen LogP contribution in [0.3, 0.4) is 0 Å². The van der Waals surface area contributed by atoms with Crippen LogP contribution in [-0.4, -0.2) is 32.0 Å². The van der Waals surface area contributed by atoms with E-state index in [1.54, 1.807) is 14.2 Å². The summed E-state index contributed by atoms with van der Waals surface area (Å²) >= 11 is 0. The number of fused-ring (bicyclic) bond motifs is 3. The van der Waals surface area contributed by atoms with Crippen LogP contribution in [0.5, 0.6) is 23.0 Å². The molecular formula is C24H28N2O4. The third-order valence-corrected chi connectivity index (χ3v) is 5.32. The van der Waals surface area contributed by atoms with E-state index >= 15 is 0 Å². The number of benzene rings is 2. The number of ether oxygens (including phenoxy) is 4. The molecule has 0 unspecified atom stereocenters. The molecular weight excluding hydrogens is 380 g/mol. The molecule has 0 saturated heterocycles. The Kier molecular flexibility index (Phi) is 5.86. The molecule has 1 aliphatic heterocycles. The van der Waals surface area contributed by atoms with Gasteiger partial charge in [-0.05, 0) is 55.3 Å². The van der Waals surface area contributed by atoms with Crippen molar-refractivity contribution in [2.75, 3.05) is 27.4 Å². The molecule has 0 bridgehead atoms. The zero-order valence-corrected chi connectivity index (χ0v) is 17.9. The molecule has 3 aromatic rings. The minimum atomic E-state index is -0.00158. The standard InChI is InChI=1S/C24H28N2O4/c1-5-29-22-13-17-15-25-24(16-9-10-20(27-3)21(12-16)28-4)18-8-7-11-26(18)19(17)14-23(22)30-6-2/h7-14,24-25H,5-6,15H2,1-4H3/t24-/m0/s1. The lowest BCUT2D eigenvalue weighted by Gasteiger charge is -2.19. The Labute approximate surface area is 177 Å². The Bertz CT molecular complexity index is 1030. The monoisotopic (exact) mass is 408 g/mol. The van der Waals surface area contributed by atoms with Crippen molar-refractivity contribution in [2.24, 2.45) is 0 Å². The number of hydrogen-bond acceptors (Lipinski definition) is 5. The molecule has 6 heteroatoms. The highest BCUT2D eigenvalue weighted by atomic mass is 16.5. The highest BCUT2D eigenvalue weighted by molar-refractivity contribution is 5.57. The summed E-state index contributed by atoms with van der Waals surface area (Å²) in [5, 5.41) is 3.69. The van der Waals surface area contributed by atoms with Crippen LogP contribution in [0, 0.1) is 0 Å². The maximum Gasteiger partial charge on any atom is 0.163 e. The Balaban J connectivity index is 1.79. The van der Waals surface area contributed by atoms with Gasteiger partial charge in [0.25, 0.3) is 0 Å². The SMILES string of the molecule is CCOc1cc2c(cc1OCC)-n1cccc1[C@H](c1ccc(OC)c(OC)c1)NC2. The van der Waals surface area contributed by atoms with Gasteiger partial charge in [-0.2, -0.15) is 0 Å². The van der Waals surface area contributed by atoms with Crippen molar-refractivity contribution < 1.29 is 18.9 Å².